The van der Waals surface area contributed by atoms with Gasteiger partial charge in [-0.15, -0.1) is 0 Å². The van der Waals surface area contributed by atoms with Crippen LogP contribution >= 0.6 is 0 Å². The second kappa shape index (κ2) is 7.09. The van der Waals surface area contributed by atoms with E-state index >= 15 is 0 Å². The SMILES string of the molecule is Cc1ccc(N(C)CCNC(C)C2CCCO2)c(C)c1. The summed E-state index contributed by atoms with van der Waals surface area (Å²) in [4.78, 5) is 2.32. The summed E-state index contributed by atoms with van der Waals surface area (Å²) in [5, 5.41) is 3.59. The van der Waals surface area contributed by atoms with Crippen LogP contribution in [0.25, 0.3) is 0 Å². The third-order valence-electron chi connectivity index (χ3n) is 4.20. The zero-order chi connectivity index (χ0) is 14.5. The van der Waals surface area contributed by atoms with Crippen molar-refractivity contribution in [2.24, 2.45) is 0 Å². The Kier molecular flexibility index (Phi) is 5.44. The van der Waals surface area contributed by atoms with Crippen LogP contribution in [-0.4, -0.2) is 38.9 Å². The first-order valence-electron chi connectivity index (χ1n) is 7.71. The van der Waals surface area contributed by atoms with Gasteiger partial charge in [0.05, 0.1) is 6.10 Å². The first-order chi connectivity index (χ1) is 9.58. The molecule has 0 bridgehead atoms. The van der Waals surface area contributed by atoms with E-state index in [9.17, 15) is 0 Å². The van der Waals surface area contributed by atoms with Gasteiger partial charge in [0.15, 0.2) is 0 Å². The topological polar surface area (TPSA) is 24.5 Å². The van der Waals surface area contributed by atoms with E-state index in [1.807, 2.05) is 0 Å². The summed E-state index contributed by atoms with van der Waals surface area (Å²) >= 11 is 0. The summed E-state index contributed by atoms with van der Waals surface area (Å²) in [5.74, 6) is 0. The Hall–Kier alpha value is -1.06. The van der Waals surface area contributed by atoms with Crippen molar-refractivity contribution in [1.29, 1.82) is 0 Å². The highest BCUT2D eigenvalue weighted by Gasteiger charge is 2.21. The number of aryl methyl sites for hydroxylation is 2. The molecule has 3 heteroatoms. The van der Waals surface area contributed by atoms with Crippen molar-refractivity contribution in [1.82, 2.24) is 5.32 Å². The van der Waals surface area contributed by atoms with Crippen molar-refractivity contribution in [3.8, 4) is 0 Å². The van der Waals surface area contributed by atoms with Crippen LogP contribution in [0.4, 0.5) is 5.69 Å². The van der Waals surface area contributed by atoms with Gasteiger partial charge < -0.3 is 15.0 Å². The lowest BCUT2D eigenvalue weighted by Crippen LogP contribution is -2.40. The summed E-state index contributed by atoms with van der Waals surface area (Å²) in [6.45, 7) is 9.49. The summed E-state index contributed by atoms with van der Waals surface area (Å²) in [5.41, 5.74) is 3.99. The molecule has 20 heavy (non-hydrogen) atoms. The summed E-state index contributed by atoms with van der Waals surface area (Å²) in [7, 11) is 2.16. The van der Waals surface area contributed by atoms with Gasteiger partial charge in [0.2, 0.25) is 0 Å². The number of ether oxygens (including phenoxy) is 1. The molecule has 3 nitrogen and oxygen atoms in total. The van der Waals surface area contributed by atoms with E-state index in [4.69, 9.17) is 4.74 Å². The van der Waals surface area contributed by atoms with Crippen LogP contribution in [0.3, 0.4) is 0 Å². The molecule has 1 saturated heterocycles. The minimum atomic E-state index is 0.404. The first kappa shape index (κ1) is 15.3. The third kappa shape index (κ3) is 3.97. The first-order valence-corrected chi connectivity index (χ1v) is 7.71. The molecule has 112 valence electrons. The Morgan fingerprint density at radius 1 is 1.40 bits per heavy atom. The highest BCUT2D eigenvalue weighted by atomic mass is 16.5. The Morgan fingerprint density at radius 3 is 2.85 bits per heavy atom. The van der Waals surface area contributed by atoms with Gasteiger partial charge in [-0.2, -0.15) is 0 Å². The lowest BCUT2D eigenvalue weighted by atomic mass is 10.1. The molecule has 1 aliphatic heterocycles. The quantitative estimate of drug-likeness (QED) is 0.864. The molecule has 1 aromatic carbocycles. The van der Waals surface area contributed by atoms with Crippen molar-refractivity contribution in [2.75, 3.05) is 31.6 Å². The Balaban J connectivity index is 1.78. The number of hydrogen-bond acceptors (Lipinski definition) is 3. The standard InChI is InChI=1S/C17H28N2O/c1-13-7-8-16(14(2)12-13)19(4)10-9-18-15(3)17-6-5-11-20-17/h7-8,12,15,17-18H,5-6,9-11H2,1-4H3. The maximum absolute atomic E-state index is 5.71. The van der Waals surface area contributed by atoms with Gasteiger partial charge in [-0.3, -0.25) is 0 Å². The van der Waals surface area contributed by atoms with Crippen LogP contribution in [0, 0.1) is 13.8 Å². The van der Waals surface area contributed by atoms with Crippen LogP contribution in [0.2, 0.25) is 0 Å². The van der Waals surface area contributed by atoms with Gasteiger partial charge in [-0.05, 0) is 45.2 Å². The van der Waals surface area contributed by atoms with Gasteiger partial charge in [0.25, 0.3) is 0 Å². The molecule has 0 spiro atoms. The average molecular weight is 276 g/mol. The van der Waals surface area contributed by atoms with Crippen molar-refractivity contribution in [3.05, 3.63) is 29.3 Å². The average Bonchev–Trinajstić information content (AvgIpc) is 2.92. The fourth-order valence-corrected chi connectivity index (χ4v) is 2.94. The number of hydrogen-bond donors (Lipinski definition) is 1. The monoisotopic (exact) mass is 276 g/mol. The molecule has 0 amide bonds. The molecular weight excluding hydrogens is 248 g/mol. The van der Waals surface area contributed by atoms with Crippen LogP contribution < -0.4 is 10.2 Å². The van der Waals surface area contributed by atoms with Crippen molar-refractivity contribution in [3.63, 3.8) is 0 Å². The fraction of sp³-hybridized carbons (Fsp3) is 0.647. The number of nitrogens with zero attached hydrogens (tertiary/aromatic N) is 1. The minimum Gasteiger partial charge on any atom is -0.377 e. The lowest BCUT2D eigenvalue weighted by Gasteiger charge is -2.25. The molecule has 2 unspecified atom stereocenters. The number of nitrogens with one attached hydrogen (secondary N) is 1. The molecule has 1 aromatic rings. The van der Waals surface area contributed by atoms with E-state index in [0.717, 1.165) is 19.7 Å². The predicted octanol–water partition coefficient (Wildman–Crippen LogP) is 2.90. The molecule has 2 atom stereocenters. The van der Waals surface area contributed by atoms with E-state index in [-0.39, 0.29) is 0 Å². The van der Waals surface area contributed by atoms with E-state index in [1.165, 1.54) is 29.7 Å². The van der Waals surface area contributed by atoms with Gasteiger partial charge in [0, 0.05) is 38.5 Å². The van der Waals surface area contributed by atoms with E-state index in [2.05, 4.69) is 56.2 Å². The lowest BCUT2D eigenvalue weighted by molar-refractivity contribution is 0.0841. The highest BCUT2D eigenvalue weighted by Crippen LogP contribution is 2.19. The van der Waals surface area contributed by atoms with E-state index in [1.54, 1.807) is 0 Å². The Labute approximate surface area is 123 Å². The maximum atomic E-state index is 5.71. The molecule has 0 saturated carbocycles. The summed E-state index contributed by atoms with van der Waals surface area (Å²) < 4.78 is 5.71. The van der Waals surface area contributed by atoms with Gasteiger partial charge >= 0.3 is 0 Å². The van der Waals surface area contributed by atoms with Crippen molar-refractivity contribution >= 4 is 5.69 Å². The fourth-order valence-electron chi connectivity index (χ4n) is 2.94. The minimum absolute atomic E-state index is 0.404. The molecule has 1 heterocycles. The predicted molar refractivity (Wildman–Crippen MR) is 85.6 cm³/mol. The van der Waals surface area contributed by atoms with Crippen molar-refractivity contribution < 1.29 is 4.74 Å². The number of rotatable bonds is 6. The smallest absolute Gasteiger partial charge is 0.0726 e. The van der Waals surface area contributed by atoms with Gasteiger partial charge in [0.1, 0.15) is 0 Å². The Morgan fingerprint density at radius 2 is 2.20 bits per heavy atom. The van der Waals surface area contributed by atoms with Crippen molar-refractivity contribution in [2.45, 2.75) is 45.8 Å². The van der Waals surface area contributed by atoms with Crippen LogP contribution in [0.5, 0.6) is 0 Å². The zero-order valence-electron chi connectivity index (χ0n) is 13.3. The van der Waals surface area contributed by atoms with Crippen LogP contribution in [0.1, 0.15) is 30.9 Å². The summed E-state index contributed by atoms with van der Waals surface area (Å²) in [6.07, 6.45) is 2.81. The summed E-state index contributed by atoms with van der Waals surface area (Å²) in [6, 6.07) is 7.09. The number of anilines is 1. The molecule has 1 N–H and O–H groups in total. The molecular formula is C17H28N2O. The molecule has 2 rings (SSSR count). The number of likely N-dealkylation sites (N-methyl/N-ethyl adjacent to an activating group) is 1. The third-order valence-corrected chi connectivity index (χ3v) is 4.20. The molecule has 0 aromatic heterocycles. The number of benzene rings is 1. The van der Waals surface area contributed by atoms with E-state index in [0.29, 0.717) is 12.1 Å². The second-order valence-electron chi connectivity index (χ2n) is 6.01. The van der Waals surface area contributed by atoms with Crippen LogP contribution in [0.15, 0.2) is 18.2 Å². The maximum Gasteiger partial charge on any atom is 0.0726 e. The Bertz CT molecular complexity index is 427. The van der Waals surface area contributed by atoms with Gasteiger partial charge in [-0.25, -0.2) is 0 Å². The normalized spacial score (nSPS) is 20.1. The van der Waals surface area contributed by atoms with E-state index < -0.39 is 0 Å². The molecule has 1 fully saturated rings. The highest BCUT2D eigenvalue weighted by molar-refractivity contribution is 5.53. The molecule has 0 aliphatic carbocycles. The van der Waals surface area contributed by atoms with Gasteiger partial charge in [-0.1, -0.05) is 17.7 Å². The molecule has 0 radical (unpaired) electrons. The zero-order valence-corrected chi connectivity index (χ0v) is 13.3. The molecule has 1 aliphatic rings. The largest absolute Gasteiger partial charge is 0.377 e. The second-order valence-corrected chi connectivity index (χ2v) is 6.01. The van der Waals surface area contributed by atoms with Crippen LogP contribution in [-0.2, 0) is 4.74 Å².